The van der Waals surface area contributed by atoms with Crippen molar-refractivity contribution in [1.29, 1.82) is 0 Å². The number of phenolic OH excluding ortho intramolecular Hbond substituents is 1. The number of hydrogen-bond donors (Lipinski definition) is 3. The van der Waals surface area contributed by atoms with Crippen LogP contribution in [-0.2, 0) is 21.4 Å². The zero-order valence-electron chi connectivity index (χ0n) is 19.8. The number of cyclic esters (lactones) is 1. The molecule has 1 saturated carbocycles. The Morgan fingerprint density at radius 3 is 2.39 bits per heavy atom. The van der Waals surface area contributed by atoms with Crippen LogP contribution in [0.15, 0.2) is 52.0 Å². The lowest BCUT2D eigenvalue weighted by atomic mass is 9.84. The highest BCUT2D eigenvalue weighted by Gasteiger charge is 2.52. The summed E-state index contributed by atoms with van der Waals surface area (Å²) in [5.41, 5.74) is 9.09. The number of nitrogens with two attached hydrogens (primary N) is 1. The van der Waals surface area contributed by atoms with Crippen molar-refractivity contribution < 1.29 is 19.7 Å². The van der Waals surface area contributed by atoms with E-state index in [-0.39, 0.29) is 27.7 Å². The van der Waals surface area contributed by atoms with Crippen LogP contribution >= 0.6 is 11.8 Å². The molecule has 1 aliphatic heterocycles. The van der Waals surface area contributed by atoms with Crippen molar-refractivity contribution in [1.82, 2.24) is 0 Å². The van der Waals surface area contributed by atoms with Crippen molar-refractivity contribution in [3.05, 3.63) is 63.8 Å². The normalized spacial score (nSPS) is 21.3. The number of phenols is 1. The molecule has 4 N–H and O–H groups in total. The zero-order chi connectivity index (χ0) is 24.0. The van der Waals surface area contributed by atoms with Gasteiger partial charge in [0.15, 0.2) is 0 Å². The van der Waals surface area contributed by atoms with Crippen LogP contribution in [0.1, 0.15) is 63.1 Å². The van der Waals surface area contributed by atoms with Gasteiger partial charge in [-0.2, -0.15) is 0 Å². The van der Waals surface area contributed by atoms with Gasteiger partial charge in [-0.25, -0.2) is 4.79 Å². The van der Waals surface area contributed by atoms with Crippen molar-refractivity contribution in [3.8, 4) is 5.75 Å². The van der Waals surface area contributed by atoms with Crippen molar-refractivity contribution in [2.45, 2.75) is 75.7 Å². The average Bonchev–Trinajstić information content (AvgIpc) is 3.58. The topological polar surface area (TPSA) is 92.8 Å². The first-order chi connectivity index (χ1) is 15.5. The molecule has 176 valence electrons. The third-order valence-electron chi connectivity index (χ3n) is 6.69. The number of benzene rings is 2. The Bertz CT molecular complexity index is 1100. The maximum Gasteiger partial charge on any atom is 0.349 e. The number of anilines is 1. The van der Waals surface area contributed by atoms with Crippen LogP contribution in [-0.4, -0.2) is 21.8 Å². The van der Waals surface area contributed by atoms with E-state index in [1.165, 1.54) is 11.8 Å². The molecule has 2 aliphatic rings. The van der Waals surface area contributed by atoms with Crippen molar-refractivity contribution in [2.75, 3.05) is 5.73 Å². The van der Waals surface area contributed by atoms with Gasteiger partial charge in [-0.05, 0) is 84.9 Å². The molecule has 0 amide bonds. The van der Waals surface area contributed by atoms with E-state index in [0.717, 1.165) is 40.1 Å². The monoisotopic (exact) mass is 467 g/mol. The summed E-state index contributed by atoms with van der Waals surface area (Å²) in [4.78, 5) is 14.4. The minimum atomic E-state index is -0.674. The van der Waals surface area contributed by atoms with E-state index in [1.807, 2.05) is 31.2 Å². The summed E-state index contributed by atoms with van der Waals surface area (Å²) < 4.78 is 6.13. The SMILES string of the molecule is Cc1cc(SC2=C(O)C[C@](CCc3ccc(O)cc3)(C3CC3)OC2=O)c(C(C)(C)C)cc1N. The molecule has 6 heteroatoms. The molecule has 1 atom stereocenters. The van der Waals surface area contributed by atoms with Crippen molar-refractivity contribution >= 4 is 23.4 Å². The van der Waals surface area contributed by atoms with Crippen LogP contribution in [0.5, 0.6) is 5.75 Å². The zero-order valence-corrected chi connectivity index (χ0v) is 20.6. The van der Waals surface area contributed by atoms with Gasteiger partial charge in [0.25, 0.3) is 0 Å². The highest BCUT2D eigenvalue weighted by molar-refractivity contribution is 8.04. The summed E-state index contributed by atoms with van der Waals surface area (Å²) in [7, 11) is 0. The number of aliphatic hydroxyl groups is 1. The molecule has 0 bridgehead atoms. The van der Waals surface area contributed by atoms with Gasteiger partial charge in [-0.1, -0.05) is 44.7 Å². The molecule has 0 radical (unpaired) electrons. The second-order valence-electron chi connectivity index (χ2n) is 10.4. The molecule has 2 aromatic rings. The first-order valence-electron chi connectivity index (χ1n) is 11.5. The number of aliphatic hydroxyl groups excluding tert-OH is 1. The van der Waals surface area contributed by atoms with Gasteiger partial charge in [-0.15, -0.1) is 0 Å². The van der Waals surface area contributed by atoms with Gasteiger partial charge in [0.2, 0.25) is 0 Å². The molecule has 5 nitrogen and oxygen atoms in total. The van der Waals surface area contributed by atoms with Gasteiger partial charge in [0.05, 0.1) is 0 Å². The molecule has 1 fully saturated rings. The van der Waals surface area contributed by atoms with E-state index < -0.39 is 11.6 Å². The highest BCUT2D eigenvalue weighted by atomic mass is 32.2. The van der Waals surface area contributed by atoms with E-state index in [4.69, 9.17) is 10.5 Å². The summed E-state index contributed by atoms with van der Waals surface area (Å²) in [6.07, 6.45) is 3.70. The maximum absolute atomic E-state index is 13.2. The lowest BCUT2D eigenvalue weighted by Gasteiger charge is -2.37. The van der Waals surface area contributed by atoms with E-state index >= 15 is 0 Å². The number of aryl methyl sites for hydroxylation is 2. The predicted octanol–water partition coefficient (Wildman–Crippen LogP) is 6.17. The molecule has 0 saturated heterocycles. The molecule has 0 aromatic heterocycles. The van der Waals surface area contributed by atoms with Crippen LogP contribution in [0.4, 0.5) is 5.69 Å². The summed E-state index contributed by atoms with van der Waals surface area (Å²) >= 11 is 1.28. The third kappa shape index (κ3) is 5.01. The average molecular weight is 468 g/mol. The predicted molar refractivity (Wildman–Crippen MR) is 132 cm³/mol. The van der Waals surface area contributed by atoms with Crippen LogP contribution in [0.2, 0.25) is 0 Å². The number of thioether (sulfide) groups is 1. The molecular formula is C27H33NO4S. The quantitative estimate of drug-likeness (QED) is 0.347. The third-order valence-corrected chi connectivity index (χ3v) is 7.86. The van der Waals surface area contributed by atoms with E-state index in [0.29, 0.717) is 19.3 Å². The van der Waals surface area contributed by atoms with E-state index in [2.05, 4.69) is 20.8 Å². The van der Waals surface area contributed by atoms with Crippen LogP contribution < -0.4 is 5.73 Å². The van der Waals surface area contributed by atoms with E-state index in [9.17, 15) is 15.0 Å². The maximum atomic E-state index is 13.2. The van der Waals surface area contributed by atoms with Gasteiger partial charge >= 0.3 is 5.97 Å². The Kier molecular flexibility index (Phi) is 6.16. The molecule has 2 aromatic carbocycles. The molecule has 1 heterocycles. The Morgan fingerprint density at radius 1 is 1.15 bits per heavy atom. The number of carbonyl (C=O) groups excluding carboxylic acids is 1. The molecule has 33 heavy (non-hydrogen) atoms. The summed E-state index contributed by atoms with van der Waals surface area (Å²) in [6.45, 7) is 8.27. The minimum Gasteiger partial charge on any atom is -0.511 e. The minimum absolute atomic E-state index is 0.114. The molecule has 4 rings (SSSR count). The lowest BCUT2D eigenvalue weighted by molar-refractivity contribution is -0.161. The Balaban J connectivity index is 1.60. The number of nitrogen functional groups attached to an aromatic ring is 1. The fourth-order valence-corrected chi connectivity index (χ4v) is 5.77. The van der Waals surface area contributed by atoms with Crippen LogP contribution in [0.3, 0.4) is 0 Å². The first kappa shape index (κ1) is 23.6. The molecule has 1 aliphatic carbocycles. The summed E-state index contributed by atoms with van der Waals surface area (Å²) in [6, 6.07) is 11.1. The Morgan fingerprint density at radius 2 is 1.82 bits per heavy atom. The number of rotatable bonds is 6. The molecule has 0 unspecified atom stereocenters. The second kappa shape index (κ2) is 8.64. The fourth-order valence-electron chi connectivity index (χ4n) is 4.53. The number of hydrogen-bond acceptors (Lipinski definition) is 6. The Hall–Kier alpha value is -2.60. The largest absolute Gasteiger partial charge is 0.511 e. The van der Waals surface area contributed by atoms with Gasteiger partial charge in [0.1, 0.15) is 22.0 Å². The highest BCUT2D eigenvalue weighted by Crippen LogP contribution is 2.52. The van der Waals surface area contributed by atoms with Gasteiger partial charge in [-0.3, -0.25) is 0 Å². The second-order valence-corrected chi connectivity index (χ2v) is 11.5. The summed E-state index contributed by atoms with van der Waals surface area (Å²) in [5.74, 6) is 0.171. The van der Waals surface area contributed by atoms with Crippen molar-refractivity contribution in [3.63, 3.8) is 0 Å². The Labute approximate surface area is 200 Å². The van der Waals surface area contributed by atoms with E-state index in [1.54, 1.807) is 12.1 Å². The fraction of sp³-hybridized carbons (Fsp3) is 0.444. The molecule has 0 spiro atoms. The van der Waals surface area contributed by atoms with Crippen LogP contribution in [0, 0.1) is 12.8 Å². The number of carbonyl (C=O) groups is 1. The molecular weight excluding hydrogens is 434 g/mol. The van der Waals surface area contributed by atoms with Gasteiger partial charge in [0, 0.05) is 17.0 Å². The standard InChI is InChI=1S/C27H33NO4S/c1-16-13-23(20(14-21(16)28)26(2,3)4)33-24-22(30)15-27(18-7-8-18,32-25(24)31)12-11-17-5-9-19(29)10-6-17/h5-6,9-10,13-14,18,29-30H,7-8,11-12,15,28H2,1-4H3/t27-/m1/s1. The van der Waals surface area contributed by atoms with Crippen LogP contribution in [0.25, 0.3) is 0 Å². The number of esters is 1. The lowest BCUT2D eigenvalue weighted by Crippen LogP contribution is -2.42. The van der Waals surface area contributed by atoms with Gasteiger partial charge < -0.3 is 20.7 Å². The first-order valence-corrected chi connectivity index (χ1v) is 12.3. The summed E-state index contributed by atoms with van der Waals surface area (Å²) in [5, 5.41) is 20.6. The number of ether oxygens (including phenoxy) is 1. The smallest absolute Gasteiger partial charge is 0.349 e. The number of aromatic hydroxyl groups is 1. The van der Waals surface area contributed by atoms with Crippen molar-refractivity contribution in [2.24, 2.45) is 5.92 Å².